The van der Waals surface area contributed by atoms with E-state index >= 15 is 0 Å². The van der Waals surface area contributed by atoms with Gasteiger partial charge in [-0.1, -0.05) is 36.4 Å². The highest BCUT2D eigenvalue weighted by atomic mass is 16.2. The van der Waals surface area contributed by atoms with Crippen molar-refractivity contribution in [2.24, 2.45) is 0 Å². The van der Waals surface area contributed by atoms with Gasteiger partial charge in [-0.25, -0.2) is 0 Å². The van der Waals surface area contributed by atoms with Crippen LogP contribution < -0.4 is 11.1 Å². The average Bonchev–Trinajstić information content (AvgIpc) is 2.58. The molecule has 6 heteroatoms. The van der Waals surface area contributed by atoms with Crippen molar-refractivity contribution in [1.82, 2.24) is 20.0 Å². The highest BCUT2D eigenvalue weighted by Crippen LogP contribution is 2.17. The Labute approximate surface area is 123 Å². The molecule has 0 radical (unpaired) electrons. The zero-order valence-electron chi connectivity index (χ0n) is 11.4. The van der Waals surface area contributed by atoms with Gasteiger partial charge in [-0.2, -0.15) is 9.78 Å². The maximum absolute atomic E-state index is 12.6. The van der Waals surface area contributed by atoms with Gasteiger partial charge in [0, 0.05) is 10.8 Å². The van der Waals surface area contributed by atoms with Gasteiger partial charge in [0.25, 0.3) is 11.1 Å². The van der Waals surface area contributed by atoms with Gasteiger partial charge in [0.1, 0.15) is 0 Å². The maximum atomic E-state index is 12.6. The summed E-state index contributed by atoms with van der Waals surface area (Å²) in [5.41, 5.74) is -0.675. The summed E-state index contributed by atoms with van der Waals surface area (Å²) in [4.78, 5) is 24.8. The minimum absolute atomic E-state index is 0.311. The number of hydrogen-bond donors (Lipinski definition) is 1. The number of nitrogens with zero attached hydrogens (tertiary/aromatic N) is 3. The second-order valence-corrected chi connectivity index (χ2v) is 4.88. The molecule has 0 atom stereocenters. The molecule has 4 rings (SSSR count). The monoisotopic (exact) mass is 290 g/mol. The van der Waals surface area contributed by atoms with Crippen molar-refractivity contribution in [2.75, 3.05) is 0 Å². The molecule has 0 aliphatic rings. The SMILES string of the molecule is O=c1[nH]n(-c2nncc3ccccc23)c(=O)c2ccccc12. The zero-order chi connectivity index (χ0) is 15.1. The molecular weight excluding hydrogens is 280 g/mol. The molecule has 22 heavy (non-hydrogen) atoms. The van der Waals surface area contributed by atoms with Crippen molar-refractivity contribution < 1.29 is 0 Å². The molecule has 0 spiro atoms. The average molecular weight is 290 g/mol. The number of rotatable bonds is 1. The normalized spacial score (nSPS) is 11.1. The van der Waals surface area contributed by atoms with Crippen LogP contribution in [0.2, 0.25) is 0 Å². The van der Waals surface area contributed by atoms with Crippen molar-refractivity contribution in [3.05, 3.63) is 75.4 Å². The molecule has 6 nitrogen and oxygen atoms in total. The third-order valence-electron chi connectivity index (χ3n) is 3.58. The van der Waals surface area contributed by atoms with Gasteiger partial charge in [-0.3, -0.25) is 14.7 Å². The molecule has 0 amide bonds. The first kappa shape index (κ1) is 12.5. The number of benzene rings is 2. The summed E-state index contributed by atoms with van der Waals surface area (Å²) >= 11 is 0. The van der Waals surface area contributed by atoms with Crippen LogP contribution in [0.25, 0.3) is 27.4 Å². The fourth-order valence-electron chi connectivity index (χ4n) is 2.53. The van der Waals surface area contributed by atoms with E-state index in [1.165, 1.54) is 0 Å². The Balaban J connectivity index is 2.16. The van der Waals surface area contributed by atoms with Crippen molar-refractivity contribution in [3.8, 4) is 5.82 Å². The number of fused-ring (bicyclic) bond motifs is 2. The molecule has 0 saturated heterocycles. The van der Waals surface area contributed by atoms with E-state index in [0.717, 1.165) is 15.5 Å². The molecule has 0 aliphatic heterocycles. The van der Waals surface area contributed by atoms with Crippen molar-refractivity contribution in [3.63, 3.8) is 0 Å². The Morgan fingerprint density at radius 1 is 0.864 bits per heavy atom. The topological polar surface area (TPSA) is 80.6 Å². The summed E-state index contributed by atoms with van der Waals surface area (Å²) in [6.45, 7) is 0. The Hall–Kier alpha value is -3.28. The quantitative estimate of drug-likeness (QED) is 0.577. The molecule has 0 aliphatic carbocycles. The van der Waals surface area contributed by atoms with Crippen LogP contribution in [0.4, 0.5) is 0 Å². The summed E-state index contributed by atoms with van der Waals surface area (Å²) < 4.78 is 1.15. The zero-order valence-corrected chi connectivity index (χ0v) is 11.4. The van der Waals surface area contributed by atoms with Gasteiger partial charge in [0.2, 0.25) is 0 Å². The summed E-state index contributed by atoms with van der Waals surface area (Å²) in [5, 5.41) is 12.8. The van der Waals surface area contributed by atoms with E-state index in [9.17, 15) is 9.59 Å². The first-order valence-corrected chi connectivity index (χ1v) is 6.70. The molecule has 0 fully saturated rings. The fraction of sp³-hybridized carbons (Fsp3) is 0. The maximum Gasteiger partial charge on any atom is 0.279 e. The second-order valence-electron chi connectivity index (χ2n) is 4.88. The van der Waals surface area contributed by atoms with Gasteiger partial charge in [-0.05, 0) is 12.1 Å². The van der Waals surface area contributed by atoms with Gasteiger partial charge < -0.3 is 0 Å². The van der Waals surface area contributed by atoms with Gasteiger partial charge >= 0.3 is 0 Å². The Bertz CT molecular complexity index is 1120. The first-order valence-electron chi connectivity index (χ1n) is 6.70. The summed E-state index contributed by atoms with van der Waals surface area (Å²) in [7, 11) is 0. The van der Waals surface area contributed by atoms with Crippen molar-refractivity contribution in [1.29, 1.82) is 0 Å². The van der Waals surface area contributed by atoms with E-state index in [1.54, 1.807) is 30.5 Å². The van der Waals surface area contributed by atoms with Crippen LogP contribution in [0.1, 0.15) is 0 Å². The van der Waals surface area contributed by atoms with E-state index in [0.29, 0.717) is 16.6 Å². The van der Waals surface area contributed by atoms with Crippen LogP contribution in [-0.4, -0.2) is 20.0 Å². The Morgan fingerprint density at radius 2 is 1.55 bits per heavy atom. The van der Waals surface area contributed by atoms with E-state index in [4.69, 9.17) is 0 Å². The predicted octanol–water partition coefficient (Wildman–Crippen LogP) is 1.62. The molecule has 1 N–H and O–H groups in total. The lowest BCUT2D eigenvalue weighted by molar-refractivity contribution is 0.765. The molecule has 0 unspecified atom stereocenters. The predicted molar refractivity (Wildman–Crippen MR) is 83.3 cm³/mol. The van der Waals surface area contributed by atoms with Gasteiger partial charge in [-0.15, -0.1) is 5.10 Å². The van der Waals surface area contributed by atoms with Crippen molar-refractivity contribution in [2.45, 2.75) is 0 Å². The highest BCUT2D eigenvalue weighted by Gasteiger charge is 2.12. The van der Waals surface area contributed by atoms with Gasteiger partial charge in [0.15, 0.2) is 5.82 Å². The van der Waals surface area contributed by atoms with Crippen molar-refractivity contribution >= 4 is 21.5 Å². The second kappa shape index (κ2) is 4.63. The summed E-state index contributed by atoms with van der Waals surface area (Å²) in [6, 6.07) is 14.1. The molecule has 2 aromatic carbocycles. The lowest BCUT2D eigenvalue weighted by atomic mass is 10.2. The number of H-pyrrole nitrogens is 1. The summed E-state index contributed by atoms with van der Waals surface area (Å²) in [6.07, 6.45) is 1.61. The van der Waals surface area contributed by atoms with E-state index < -0.39 is 0 Å². The van der Waals surface area contributed by atoms with Crippen LogP contribution in [-0.2, 0) is 0 Å². The van der Waals surface area contributed by atoms with E-state index in [2.05, 4.69) is 15.3 Å². The standard InChI is InChI=1S/C16H10N4O2/c21-15-12-7-3-4-8-13(12)16(22)20(19-15)14-11-6-2-1-5-10(11)9-17-18-14/h1-9H,(H,19,21). The number of hydrogen-bond acceptors (Lipinski definition) is 4. The molecule has 0 saturated carbocycles. The Morgan fingerprint density at radius 3 is 2.36 bits per heavy atom. The smallest absolute Gasteiger partial charge is 0.267 e. The van der Waals surface area contributed by atoms with E-state index in [1.807, 2.05) is 24.3 Å². The van der Waals surface area contributed by atoms with Crippen LogP contribution in [0.15, 0.2) is 64.3 Å². The Kier molecular flexibility index (Phi) is 2.62. The van der Waals surface area contributed by atoms with Crippen LogP contribution in [0, 0.1) is 0 Å². The molecule has 106 valence electrons. The van der Waals surface area contributed by atoms with Crippen LogP contribution in [0.5, 0.6) is 0 Å². The lowest BCUT2D eigenvalue weighted by Gasteiger charge is -2.08. The largest absolute Gasteiger partial charge is 0.279 e. The van der Waals surface area contributed by atoms with Crippen LogP contribution >= 0.6 is 0 Å². The van der Waals surface area contributed by atoms with Gasteiger partial charge in [0.05, 0.1) is 17.0 Å². The molecule has 0 bridgehead atoms. The molecule has 2 heterocycles. The highest BCUT2D eigenvalue weighted by molar-refractivity contribution is 5.88. The summed E-state index contributed by atoms with van der Waals surface area (Å²) in [5.74, 6) is 0.311. The number of aromatic amines is 1. The van der Waals surface area contributed by atoms with E-state index in [-0.39, 0.29) is 11.1 Å². The number of nitrogens with one attached hydrogen (secondary N) is 1. The molecule has 4 aromatic rings. The molecular formula is C16H10N4O2. The minimum atomic E-state index is -0.343. The molecule has 2 aromatic heterocycles. The number of aromatic nitrogens is 4. The first-order chi connectivity index (χ1) is 10.8. The third-order valence-corrected chi connectivity index (χ3v) is 3.58. The van der Waals surface area contributed by atoms with Crippen LogP contribution in [0.3, 0.4) is 0 Å². The fourth-order valence-corrected chi connectivity index (χ4v) is 2.53. The minimum Gasteiger partial charge on any atom is -0.267 e. The third kappa shape index (κ3) is 1.74. The lowest BCUT2D eigenvalue weighted by Crippen LogP contribution is -2.29.